The van der Waals surface area contributed by atoms with Crippen LogP contribution in [0.5, 0.6) is 0 Å². The highest BCUT2D eigenvalue weighted by Gasteiger charge is 2.18. The van der Waals surface area contributed by atoms with Gasteiger partial charge < -0.3 is 5.11 Å². The monoisotopic (exact) mass is 480 g/mol. The molecule has 0 spiro atoms. The maximum absolute atomic E-state index is 11.0. The van der Waals surface area contributed by atoms with Crippen molar-refractivity contribution < 1.29 is 9.90 Å². The molecule has 4 unspecified atom stereocenters. The molecule has 0 aromatic rings. The van der Waals surface area contributed by atoms with Crippen LogP contribution in [0.4, 0.5) is 0 Å². The largest absolute Gasteiger partial charge is 0.481 e. The van der Waals surface area contributed by atoms with Crippen LogP contribution in [0.15, 0.2) is 0 Å². The van der Waals surface area contributed by atoms with Crippen LogP contribution in [-0.4, -0.2) is 11.1 Å². The van der Waals surface area contributed by atoms with Crippen molar-refractivity contribution in [2.45, 2.75) is 176 Å². The topological polar surface area (TPSA) is 37.3 Å². The number of aliphatic carboxylic acids is 1. The van der Waals surface area contributed by atoms with Crippen molar-refractivity contribution in [1.82, 2.24) is 0 Å². The second-order valence-electron chi connectivity index (χ2n) is 12.1. The van der Waals surface area contributed by atoms with Crippen molar-refractivity contribution >= 4 is 5.97 Å². The fourth-order valence-electron chi connectivity index (χ4n) is 5.78. The van der Waals surface area contributed by atoms with Gasteiger partial charge in [-0.05, 0) is 37.0 Å². The summed E-state index contributed by atoms with van der Waals surface area (Å²) in [5, 5.41) is 9.09. The molecular weight excluding hydrogens is 416 g/mol. The van der Waals surface area contributed by atoms with Gasteiger partial charge in [0.1, 0.15) is 0 Å². The summed E-state index contributed by atoms with van der Waals surface area (Å²) in [5.41, 5.74) is 0. The highest BCUT2D eigenvalue weighted by atomic mass is 16.4. The van der Waals surface area contributed by atoms with Gasteiger partial charge in [-0.3, -0.25) is 4.79 Å². The van der Waals surface area contributed by atoms with E-state index in [2.05, 4.69) is 27.7 Å². The predicted octanol–water partition coefficient (Wildman–Crippen LogP) is 11.2. The molecule has 1 N–H and O–H groups in total. The molecule has 34 heavy (non-hydrogen) atoms. The summed E-state index contributed by atoms with van der Waals surface area (Å²) in [7, 11) is 0. The van der Waals surface area contributed by atoms with Gasteiger partial charge in [-0.1, -0.05) is 157 Å². The van der Waals surface area contributed by atoms with Gasteiger partial charge in [-0.25, -0.2) is 0 Å². The third kappa shape index (κ3) is 23.2. The van der Waals surface area contributed by atoms with E-state index in [9.17, 15) is 4.79 Å². The maximum Gasteiger partial charge on any atom is 0.306 e. The van der Waals surface area contributed by atoms with E-state index in [-0.39, 0.29) is 5.92 Å². The van der Waals surface area contributed by atoms with E-state index < -0.39 is 5.97 Å². The maximum atomic E-state index is 11.0. The van der Waals surface area contributed by atoms with Crippen LogP contribution in [0.1, 0.15) is 176 Å². The Kier molecular flexibility index (Phi) is 23.8. The summed E-state index contributed by atoms with van der Waals surface area (Å²) >= 11 is 0. The summed E-state index contributed by atoms with van der Waals surface area (Å²) in [4.78, 5) is 11.0. The zero-order valence-electron chi connectivity index (χ0n) is 24.2. The van der Waals surface area contributed by atoms with Crippen LogP contribution in [0, 0.1) is 23.7 Å². The first-order chi connectivity index (χ1) is 16.4. The summed E-state index contributed by atoms with van der Waals surface area (Å²) < 4.78 is 0. The summed E-state index contributed by atoms with van der Waals surface area (Å²) in [6.45, 7) is 11.1. The number of carboxylic acids is 1. The molecule has 0 amide bonds. The average molecular weight is 481 g/mol. The van der Waals surface area contributed by atoms with Crippen molar-refractivity contribution in [3.63, 3.8) is 0 Å². The molecule has 0 aliphatic carbocycles. The molecule has 0 aliphatic heterocycles. The Balaban J connectivity index is 3.38. The molecule has 0 fully saturated rings. The highest BCUT2D eigenvalue weighted by Crippen LogP contribution is 2.26. The fraction of sp³-hybridized carbons (Fsp3) is 0.969. The number of unbranched alkanes of at least 4 members (excludes halogenated alkanes) is 17. The molecule has 0 aliphatic rings. The number of carbonyl (C=O) groups is 1. The van der Waals surface area contributed by atoms with Gasteiger partial charge in [0.05, 0.1) is 5.92 Å². The molecule has 0 radical (unpaired) electrons. The van der Waals surface area contributed by atoms with Gasteiger partial charge in [-0.15, -0.1) is 0 Å². The highest BCUT2D eigenvalue weighted by molar-refractivity contribution is 5.69. The zero-order chi connectivity index (χ0) is 25.4. The summed E-state index contributed by atoms with van der Waals surface area (Å²) in [5.74, 6) is 1.17. The molecule has 0 aromatic carbocycles. The second kappa shape index (κ2) is 24.2. The number of carboxylic acid groups (broad SMARTS) is 1. The number of hydrogen-bond acceptors (Lipinski definition) is 1. The van der Waals surface area contributed by atoms with E-state index in [1.54, 1.807) is 0 Å². The van der Waals surface area contributed by atoms with Crippen LogP contribution < -0.4 is 0 Å². The Bertz CT molecular complexity index is 433. The first-order valence-electron chi connectivity index (χ1n) is 15.6. The molecular formula is C32H64O2. The van der Waals surface area contributed by atoms with Gasteiger partial charge in [0.2, 0.25) is 0 Å². The minimum Gasteiger partial charge on any atom is -0.481 e. The fourth-order valence-corrected chi connectivity index (χ4v) is 5.78. The molecule has 0 saturated carbocycles. The predicted molar refractivity (Wildman–Crippen MR) is 152 cm³/mol. The van der Waals surface area contributed by atoms with E-state index in [1.807, 2.05) is 6.92 Å². The van der Waals surface area contributed by atoms with Gasteiger partial charge in [0.25, 0.3) is 0 Å². The van der Waals surface area contributed by atoms with Crippen LogP contribution >= 0.6 is 0 Å². The standard InChI is InChI=1S/C32H64O2/c1-6-7-8-9-10-11-12-13-14-15-16-17-18-19-20-21-22-23-24-28(2)25-29(3)26-30(4)27-31(5)32(33)34/h28-31H,6-27H2,1-5H3,(H,33,34). The SMILES string of the molecule is CCCCCCCCCCCCCCCCCCCCC(C)CC(C)CC(C)CC(C)C(=O)O. The van der Waals surface area contributed by atoms with Crippen LogP contribution in [-0.2, 0) is 4.79 Å². The Morgan fingerprint density at radius 3 is 1.21 bits per heavy atom. The Morgan fingerprint density at radius 1 is 0.500 bits per heavy atom. The molecule has 0 saturated heterocycles. The number of rotatable bonds is 26. The van der Waals surface area contributed by atoms with Crippen molar-refractivity contribution in [2.75, 3.05) is 0 Å². The van der Waals surface area contributed by atoms with Gasteiger partial charge >= 0.3 is 5.97 Å². The van der Waals surface area contributed by atoms with Crippen molar-refractivity contribution in [2.24, 2.45) is 23.7 Å². The van der Waals surface area contributed by atoms with Crippen molar-refractivity contribution in [3.8, 4) is 0 Å². The zero-order valence-corrected chi connectivity index (χ0v) is 24.2. The van der Waals surface area contributed by atoms with Crippen LogP contribution in [0.25, 0.3) is 0 Å². The molecule has 204 valence electrons. The molecule has 0 aromatic heterocycles. The molecule has 2 heteroatoms. The van der Waals surface area contributed by atoms with Crippen LogP contribution in [0.3, 0.4) is 0 Å². The second-order valence-corrected chi connectivity index (χ2v) is 12.1. The van der Waals surface area contributed by atoms with E-state index in [0.717, 1.165) is 12.3 Å². The minimum atomic E-state index is -0.651. The molecule has 4 atom stereocenters. The molecule has 2 nitrogen and oxygen atoms in total. The summed E-state index contributed by atoms with van der Waals surface area (Å²) in [6.07, 6.45) is 30.6. The smallest absolute Gasteiger partial charge is 0.306 e. The Labute approximate surface area is 215 Å². The third-order valence-electron chi connectivity index (χ3n) is 7.84. The lowest BCUT2D eigenvalue weighted by Gasteiger charge is -2.21. The first-order valence-corrected chi connectivity index (χ1v) is 15.6. The first kappa shape index (κ1) is 33.5. The van der Waals surface area contributed by atoms with Gasteiger partial charge in [-0.2, -0.15) is 0 Å². The lowest BCUT2D eigenvalue weighted by molar-refractivity contribution is -0.141. The minimum absolute atomic E-state index is 0.209. The lowest BCUT2D eigenvalue weighted by Crippen LogP contribution is -2.15. The normalized spacial score (nSPS) is 15.2. The van der Waals surface area contributed by atoms with E-state index >= 15 is 0 Å². The lowest BCUT2D eigenvalue weighted by atomic mass is 9.84. The number of hydrogen-bond donors (Lipinski definition) is 1. The van der Waals surface area contributed by atoms with Crippen molar-refractivity contribution in [3.05, 3.63) is 0 Å². The quantitative estimate of drug-likeness (QED) is 0.125. The molecule has 0 rings (SSSR count). The Morgan fingerprint density at radius 2 is 0.824 bits per heavy atom. The van der Waals surface area contributed by atoms with Gasteiger partial charge in [0, 0.05) is 0 Å². The summed E-state index contributed by atoms with van der Waals surface area (Å²) in [6, 6.07) is 0. The van der Waals surface area contributed by atoms with E-state index in [4.69, 9.17) is 5.11 Å². The molecule has 0 bridgehead atoms. The van der Waals surface area contributed by atoms with Crippen molar-refractivity contribution in [1.29, 1.82) is 0 Å². The Hall–Kier alpha value is -0.530. The van der Waals surface area contributed by atoms with E-state index in [1.165, 1.54) is 135 Å². The third-order valence-corrected chi connectivity index (χ3v) is 7.84. The average Bonchev–Trinajstić information content (AvgIpc) is 2.77. The van der Waals surface area contributed by atoms with Crippen LogP contribution in [0.2, 0.25) is 0 Å². The molecule has 0 heterocycles. The van der Waals surface area contributed by atoms with E-state index in [0.29, 0.717) is 11.8 Å². The van der Waals surface area contributed by atoms with Gasteiger partial charge in [0.15, 0.2) is 0 Å².